The van der Waals surface area contributed by atoms with Crippen molar-refractivity contribution in [1.82, 2.24) is 4.90 Å². The first-order valence-electron chi connectivity index (χ1n) is 8.22. The first-order valence-corrected chi connectivity index (χ1v) is 8.22. The van der Waals surface area contributed by atoms with Gasteiger partial charge in [-0.25, -0.2) is 0 Å². The van der Waals surface area contributed by atoms with Crippen molar-refractivity contribution in [3.63, 3.8) is 0 Å². The molecular weight excluding hydrogens is 344 g/mol. The number of piperidine rings is 1. The maximum Gasteiger partial charge on any atom is 0.269 e. The summed E-state index contributed by atoms with van der Waals surface area (Å²) in [7, 11) is 0. The van der Waals surface area contributed by atoms with E-state index in [1.807, 2.05) is 0 Å². The van der Waals surface area contributed by atoms with Gasteiger partial charge in [-0.05, 0) is 36.9 Å². The molecule has 1 aromatic carbocycles. The standard InChI is InChI=1S/C17H26N4O3.ClH/c1-12-10-13(21(23)24)4-5-14(12)19-16(22)7-9-20-8-6-15(18)17(2,3)11-20;/h4-5,10,15H,6-9,11,18H2,1-3H3,(H,19,22);1H. The Hall–Kier alpha value is -1.70. The zero-order chi connectivity index (χ0) is 17.9. The number of halogens is 1. The van der Waals surface area contributed by atoms with Crippen molar-refractivity contribution in [2.24, 2.45) is 11.1 Å². The molecular formula is C17H27ClN4O3. The van der Waals surface area contributed by atoms with Crippen molar-refractivity contribution in [3.8, 4) is 0 Å². The van der Waals surface area contributed by atoms with Gasteiger partial charge in [0.15, 0.2) is 0 Å². The summed E-state index contributed by atoms with van der Waals surface area (Å²) in [5.74, 6) is -0.0837. The van der Waals surface area contributed by atoms with E-state index >= 15 is 0 Å². The minimum atomic E-state index is -0.443. The SMILES string of the molecule is Cc1cc([N+](=O)[O-])ccc1NC(=O)CCN1CCC(N)C(C)(C)C1.Cl. The lowest BCUT2D eigenvalue weighted by Crippen LogP contribution is -2.52. The molecule has 1 amide bonds. The Morgan fingerprint density at radius 2 is 2.16 bits per heavy atom. The largest absolute Gasteiger partial charge is 0.327 e. The van der Waals surface area contributed by atoms with Crippen LogP contribution in [-0.2, 0) is 4.79 Å². The van der Waals surface area contributed by atoms with Gasteiger partial charge in [-0.15, -0.1) is 12.4 Å². The average Bonchev–Trinajstić information content (AvgIpc) is 2.50. The van der Waals surface area contributed by atoms with Gasteiger partial charge in [0.1, 0.15) is 0 Å². The van der Waals surface area contributed by atoms with Crippen molar-refractivity contribution in [2.45, 2.75) is 39.7 Å². The fourth-order valence-electron chi connectivity index (χ4n) is 3.05. The third kappa shape index (κ3) is 5.66. The molecule has 1 aliphatic rings. The van der Waals surface area contributed by atoms with E-state index in [9.17, 15) is 14.9 Å². The first kappa shape index (κ1) is 21.3. The number of likely N-dealkylation sites (tertiary alicyclic amines) is 1. The van der Waals surface area contributed by atoms with Gasteiger partial charge in [0.2, 0.25) is 5.91 Å². The topological polar surface area (TPSA) is 102 Å². The molecule has 2 rings (SSSR count). The van der Waals surface area contributed by atoms with Crippen LogP contribution < -0.4 is 11.1 Å². The van der Waals surface area contributed by atoms with E-state index in [4.69, 9.17) is 5.73 Å². The van der Waals surface area contributed by atoms with Crippen LogP contribution in [0.1, 0.15) is 32.3 Å². The van der Waals surface area contributed by atoms with Crippen LogP contribution in [-0.4, -0.2) is 41.4 Å². The molecule has 25 heavy (non-hydrogen) atoms. The van der Waals surface area contributed by atoms with E-state index in [1.54, 1.807) is 13.0 Å². The Labute approximate surface area is 154 Å². The molecule has 0 saturated carbocycles. The Kier molecular flexibility index (Phi) is 7.34. The van der Waals surface area contributed by atoms with Gasteiger partial charge in [-0.3, -0.25) is 14.9 Å². The second kappa shape index (κ2) is 8.60. The molecule has 7 nitrogen and oxygen atoms in total. The number of nitrogens with zero attached hydrogens (tertiary/aromatic N) is 2. The van der Waals surface area contributed by atoms with E-state index in [0.717, 1.165) is 19.5 Å². The lowest BCUT2D eigenvalue weighted by molar-refractivity contribution is -0.384. The van der Waals surface area contributed by atoms with E-state index in [0.29, 0.717) is 24.2 Å². The monoisotopic (exact) mass is 370 g/mol. The van der Waals surface area contributed by atoms with Gasteiger partial charge in [0.05, 0.1) is 4.92 Å². The molecule has 1 aromatic rings. The Bertz CT molecular complexity index is 636. The highest BCUT2D eigenvalue weighted by Gasteiger charge is 2.33. The molecule has 1 fully saturated rings. The summed E-state index contributed by atoms with van der Waals surface area (Å²) in [6.07, 6.45) is 1.33. The number of anilines is 1. The molecule has 1 heterocycles. The van der Waals surface area contributed by atoms with E-state index in [-0.39, 0.29) is 35.5 Å². The summed E-state index contributed by atoms with van der Waals surface area (Å²) in [5, 5.41) is 13.6. The number of nitro benzene ring substituents is 1. The normalized spacial score (nSPS) is 19.8. The van der Waals surface area contributed by atoms with Crippen LogP contribution in [0.2, 0.25) is 0 Å². The second-order valence-corrected chi connectivity index (χ2v) is 7.21. The van der Waals surface area contributed by atoms with Crippen LogP contribution in [0.3, 0.4) is 0 Å². The summed E-state index contributed by atoms with van der Waals surface area (Å²) >= 11 is 0. The molecule has 1 aliphatic heterocycles. The van der Waals surface area contributed by atoms with Crippen molar-refractivity contribution in [1.29, 1.82) is 0 Å². The number of carbonyl (C=O) groups is 1. The van der Waals surface area contributed by atoms with Crippen molar-refractivity contribution >= 4 is 29.7 Å². The second-order valence-electron chi connectivity index (χ2n) is 7.21. The van der Waals surface area contributed by atoms with E-state index < -0.39 is 4.92 Å². The maximum absolute atomic E-state index is 12.2. The quantitative estimate of drug-likeness (QED) is 0.613. The van der Waals surface area contributed by atoms with Crippen LogP contribution in [0.15, 0.2) is 18.2 Å². The van der Waals surface area contributed by atoms with Gasteiger partial charge >= 0.3 is 0 Å². The van der Waals surface area contributed by atoms with Crippen LogP contribution in [0, 0.1) is 22.5 Å². The molecule has 0 radical (unpaired) electrons. The number of benzene rings is 1. The van der Waals surface area contributed by atoms with Crippen LogP contribution in [0.5, 0.6) is 0 Å². The zero-order valence-electron chi connectivity index (χ0n) is 14.9. The fourth-order valence-corrected chi connectivity index (χ4v) is 3.05. The molecule has 1 saturated heterocycles. The zero-order valence-corrected chi connectivity index (χ0v) is 15.8. The number of hydrogen-bond donors (Lipinski definition) is 2. The minimum Gasteiger partial charge on any atom is -0.327 e. The number of hydrogen-bond acceptors (Lipinski definition) is 5. The van der Waals surface area contributed by atoms with E-state index in [2.05, 4.69) is 24.1 Å². The van der Waals surface area contributed by atoms with Crippen molar-refractivity contribution < 1.29 is 9.72 Å². The number of aryl methyl sites for hydroxylation is 1. The number of carbonyl (C=O) groups excluding carboxylic acids is 1. The van der Waals surface area contributed by atoms with Gasteiger partial charge < -0.3 is 16.0 Å². The average molecular weight is 371 g/mol. The lowest BCUT2D eigenvalue weighted by atomic mass is 9.79. The summed E-state index contributed by atoms with van der Waals surface area (Å²) < 4.78 is 0. The van der Waals surface area contributed by atoms with Gasteiger partial charge in [-0.1, -0.05) is 13.8 Å². The molecule has 3 N–H and O–H groups in total. The van der Waals surface area contributed by atoms with Gasteiger partial charge in [0.25, 0.3) is 5.69 Å². The number of amides is 1. The third-order valence-corrected chi connectivity index (χ3v) is 4.74. The van der Waals surface area contributed by atoms with Crippen molar-refractivity contribution in [3.05, 3.63) is 33.9 Å². The molecule has 1 unspecified atom stereocenters. The summed E-state index contributed by atoms with van der Waals surface area (Å²) in [6, 6.07) is 4.64. The number of nitrogens with two attached hydrogens (primary N) is 1. The van der Waals surface area contributed by atoms with Crippen LogP contribution >= 0.6 is 12.4 Å². The third-order valence-electron chi connectivity index (χ3n) is 4.74. The predicted molar refractivity (Wildman–Crippen MR) is 101 cm³/mol. The molecule has 0 spiro atoms. The number of nitrogens with one attached hydrogen (secondary N) is 1. The molecule has 0 aliphatic carbocycles. The van der Waals surface area contributed by atoms with Gasteiger partial charge in [-0.2, -0.15) is 0 Å². The number of non-ortho nitro benzene ring substituents is 1. The molecule has 0 aromatic heterocycles. The highest BCUT2D eigenvalue weighted by molar-refractivity contribution is 5.91. The molecule has 1 atom stereocenters. The molecule has 0 bridgehead atoms. The fraction of sp³-hybridized carbons (Fsp3) is 0.588. The Morgan fingerprint density at radius 3 is 2.72 bits per heavy atom. The number of nitro groups is 1. The van der Waals surface area contributed by atoms with Crippen molar-refractivity contribution in [2.75, 3.05) is 25.0 Å². The predicted octanol–water partition coefficient (Wildman–Crippen LogP) is 2.71. The summed E-state index contributed by atoms with van der Waals surface area (Å²) in [4.78, 5) is 24.7. The minimum absolute atomic E-state index is 0. The smallest absolute Gasteiger partial charge is 0.269 e. The highest BCUT2D eigenvalue weighted by atomic mass is 35.5. The summed E-state index contributed by atoms with van der Waals surface area (Å²) in [5.41, 5.74) is 7.51. The molecule has 140 valence electrons. The Balaban J connectivity index is 0.00000312. The Morgan fingerprint density at radius 1 is 1.48 bits per heavy atom. The first-order chi connectivity index (χ1) is 11.2. The lowest BCUT2D eigenvalue weighted by Gasteiger charge is -2.42. The highest BCUT2D eigenvalue weighted by Crippen LogP contribution is 2.27. The number of rotatable bonds is 5. The van der Waals surface area contributed by atoms with Crippen LogP contribution in [0.25, 0.3) is 0 Å². The van der Waals surface area contributed by atoms with Gasteiger partial charge in [0, 0.05) is 43.4 Å². The summed E-state index contributed by atoms with van der Waals surface area (Å²) in [6.45, 7) is 8.55. The molecule has 8 heteroatoms. The van der Waals surface area contributed by atoms with E-state index in [1.165, 1.54) is 12.1 Å². The van der Waals surface area contributed by atoms with Crippen LogP contribution in [0.4, 0.5) is 11.4 Å². The maximum atomic E-state index is 12.2.